The first-order chi connectivity index (χ1) is 8.98. The molecule has 1 aliphatic heterocycles. The van der Waals surface area contributed by atoms with E-state index in [1.165, 1.54) is 6.92 Å². The Labute approximate surface area is 113 Å². The summed E-state index contributed by atoms with van der Waals surface area (Å²) >= 11 is 0. The SMILES string of the molecule is CC(=O)OC(c1ccccc1)C1CCOC(C)(C)O1. The molecule has 1 saturated heterocycles. The lowest BCUT2D eigenvalue weighted by Crippen LogP contribution is -2.43. The number of carbonyl (C=O) groups is 1. The summed E-state index contributed by atoms with van der Waals surface area (Å²) in [6, 6.07) is 9.68. The van der Waals surface area contributed by atoms with Gasteiger partial charge in [0.05, 0.1) is 6.61 Å². The van der Waals surface area contributed by atoms with Gasteiger partial charge in [-0.15, -0.1) is 0 Å². The van der Waals surface area contributed by atoms with Crippen molar-refractivity contribution in [3.8, 4) is 0 Å². The minimum Gasteiger partial charge on any atom is -0.455 e. The van der Waals surface area contributed by atoms with E-state index in [1.54, 1.807) is 0 Å². The Kier molecular flexibility index (Phi) is 4.22. The highest BCUT2D eigenvalue weighted by molar-refractivity contribution is 5.66. The third-order valence-electron chi connectivity index (χ3n) is 3.05. The van der Waals surface area contributed by atoms with Crippen LogP contribution < -0.4 is 0 Å². The van der Waals surface area contributed by atoms with Gasteiger partial charge in [0.2, 0.25) is 0 Å². The lowest BCUT2D eigenvalue weighted by molar-refractivity contribution is -0.290. The Morgan fingerprint density at radius 2 is 2.05 bits per heavy atom. The van der Waals surface area contributed by atoms with Crippen LogP contribution in [0.3, 0.4) is 0 Å². The predicted molar refractivity (Wildman–Crippen MR) is 70.5 cm³/mol. The molecule has 0 N–H and O–H groups in total. The van der Waals surface area contributed by atoms with Crippen molar-refractivity contribution in [1.29, 1.82) is 0 Å². The van der Waals surface area contributed by atoms with E-state index in [-0.39, 0.29) is 18.2 Å². The molecular weight excluding hydrogens is 244 g/mol. The van der Waals surface area contributed by atoms with Gasteiger partial charge in [-0.05, 0) is 19.4 Å². The number of ether oxygens (including phenoxy) is 3. The third kappa shape index (κ3) is 3.78. The topological polar surface area (TPSA) is 44.8 Å². The standard InChI is InChI=1S/C15H20O4/c1-11(16)18-14(12-7-5-4-6-8-12)13-9-10-17-15(2,3)19-13/h4-8,13-14H,9-10H2,1-3H3. The zero-order valence-electron chi connectivity index (χ0n) is 11.6. The van der Waals surface area contributed by atoms with E-state index in [2.05, 4.69) is 0 Å². The number of hydrogen-bond acceptors (Lipinski definition) is 4. The summed E-state index contributed by atoms with van der Waals surface area (Å²) < 4.78 is 16.9. The van der Waals surface area contributed by atoms with Crippen molar-refractivity contribution in [3.05, 3.63) is 35.9 Å². The van der Waals surface area contributed by atoms with E-state index in [0.29, 0.717) is 13.0 Å². The Bertz CT molecular complexity index is 427. The van der Waals surface area contributed by atoms with Crippen molar-refractivity contribution in [3.63, 3.8) is 0 Å². The van der Waals surface area contributed by atoms with Crippen molar-refractivity contribution in [1.82, 2.24) is 0 Å². The Hall–Kier alpha value is -1.39. The summed E-state index contributed by atoms with van der Waals surface area (Å²) in [6.07, 6.45) is 0.132. The van der Waals surface area contributed by atoms with Gasteiger partial charge >= 0.3 is 5.97 Å². The van der Waals surface area contributed by atoms with Crippen LogP contribution in [0.15, 0.2) is 30.3 Å². The second-order valence-electron chi connectivity index (χ2n) is 5.13. The minimum atomic E-state index is -0.643. The summed E-state index contributed by atoms with van der Waals surface area (Å²) in [5, 5.41) is 0. The van der Waals surface area contributed by atoms with Crippen LogP contribution in [-0.2, 0) is 19.0 Å². The summed E-state index contributed by atoms with van der Waals surface area (Å²) in [5.41, 5.74) is 0.945. The molecule has 1 aliphatic rings. The molecule has 2 unspecified atom stereocenters. The molecule has 19 heavy (non-hydrogen) atoms. The minimum absolute atomic E-state index is 0.185. The Morgan fingerprint density at radius 3 is 2.63 bits per heavy atom. The highest BCUT2D eigenvalue weighted by Crippen LogP contribution is 2.32. The molecule has 0 radical (unpaired) electrons. The summed E-state index contributed by atoms with van der Waals surface area (Å²) in [4.78, 5) is 11.3. The second-order valence-corrected chi connectivity index (χ2v) is 5.13. The maximum Gasteiger partial charge on any atom is 0.303 e. The molecule has 2 atom stereocenters. The number of carbonyl (C=O) groups excluding carboxylic acids is 1. The average molecular weight is 264 g/mol. The maximum atomic E-state index is 11.3. The van der Waals surface area contributed by atoms with Gasteiger partial charge in [-0.1, -0.05) is 30.3 Å². The summed E-state index contributed by atoms with van der Waals surface area (Å²) in [6.45, 7) is 5.76. The van der Waals surface area contributed by atoms with Gasteiger partial charge in [0, 0.05) is 13.3 Å². The second kappa shape index (κ2) is 5.72. The predicted octanol–water partition coefficient (Wildman–Crippen LogP) is 2.83. The number of esters is 1. The molecule has 0 saturated carbocycles. The fraction of sp³-hybridized carbons (Fsp3) is 0.533. The largest absolute Gasteiger partial charge is 0.455 e. The molecule has 104 valence electrons. The van der Waals surface area contributed by atoms with Crippen molar-refractivity contribution >= 4 is 5.97 Å². The fourth-order valence-electron chi connectivity index (χ4n) is 2.27. The molecule has 0 aromatic heterocycles. The Morgan fingerprint density at radius 1 is 1.37 bits per heavy atom. The highest BCUT2D eigenvalue weighted by atomic mass is 16.7. The van der Waals surface area contributed by atoms with Crippen LogP contribution in [0.5, 0.6) is 0 Å². The van der Waals surface area contributed by atoms with Gasteiger partial charge in [0.1, 0.15) is 6.10 Å². The molecule has 1 fully saturated rings. The molecule has 1 aromatic carbocycles. The normalized spacial score (nSPS) is 23.6. The zero-order chi connectivity index (χ0) is 13.9. The zero-order valence-corrected chi connectivity index (χ0v) is 11.6. The molecule has 0 bridgehead atoms. The highest BCUT2D eigenvalue weighted by Gasteiger charge is 2.36. The first kappa shape index (κ1) is 14.0. The number of hydrogen-bond donors (Lipinski definition) is 0. The molecular formula is C15H20O4. The van der Waals surface area contributed by atoms with E-state index >= 15 is 0 Å². The van der Waals surface area contributed by atoms with Crippen LogP contribution in [0.4, 0.5) is 0 Å². The molecule has 0 amide bonds. The molecule has 4 nitrogen and oxygen atoms in total. The van der Waals surface area contributed by atoms with E-state index in [9.17, 15) is 4.79 Å². The molecule has 1 heterocycles. The summed E-state index contributed by atoms with van der Waals surface area (Å²) in [7, 11) is 0. The van der Waals surface area contributed by atoms with Gasteiger partial charge in [-0.3, -0.25) is 4.79 Å². The lowest BCUT2D eigenvalue weighted by atomic mass is 10.0. The smallest absolute Gasteiger partial charge is 0.303 e. The van der Waals surface area contributed by atoms with Crippen LogP contribution in [-0.4, -0.2) is 24.5 Å². The average Bonchev–Trinajstić information content (AvgIpc) is 2.35. The van der Waals surface area contributed by atoms with Crippen molar-refractivity contribution < 1.29 is 19.0 Å². The van der Waals surface area contributed by atoms with E-state index in [1.807, 2.05) is 44.2 Å². The lowest BCUT2D eigenvalue weighted by Gasteiger charge is -2.39. The van der Waals surface area contributed by atoms with Crippen LogP contribution in [0.2, 0.25) is 0 Å². The quantitative estimate of drug-likeness (QED) is 0.787. The van der Waals surface area contributed by atoms with Crippen LogP contribution in [0, 0.1) is 0 Å². The molecule has 1 aromatic rings. The fourth-order valence-corrected chi connectivity index (χ4v) is 2.27. The van der Waals surface area contributed by atoms with Gasteiger partial charge < -0.3 is 14.2 Å². The van der Waals surface area contributed by atoms with Crippen LogP contribution in [0.25, 0.3) is 0 Å². The number of benzene rings is 1. The molecule has 0 spiro atoms. The Balaban J connectivity index is 2.20. The van der Waals surface area contributed by atoms with Gasteiger partial charge in [-0.2, -0.15) is 0 Å². The van der Waals surface area contributed by atoms with Crippen molar-refractivity contribution in [2.45, 2.75) is 45.2 Å². The van der Waals surface area contributed by atoms with E-state index < -0.39 is 5.79 Å². The molecule has 2 rings (SSSR count). The number of rotatable bonds is 3. The molecule has 4 heteroatoms. The van der Waals surface area contributed by atoms with E-state index in [0.717, 1.165) is 5.56 Å². The van der Waals surface area contributed by atoms with Gasteiger partial charge in [0.25, 0.3) is 0 Å². The van der Waals surface area contributed by atoms with Crippen LogP contribution in [0.1, 0.15) is 38.9 Å². The first-order valence-corrected chi connectivity index (χ1v) is 6.52. The summed E-state index contributed by atoms with van der Waals surface area (Å²) in [5.74, 6) is -0.947. The first-order valence-electron chi connectivity index (χ1n) is 6.52. The van der Waals surface area contributed by atoms with Gasteiger partial charge in [0.15, 0.2) is 11.9 Å². The monoisotopic (exact) mass is 264 g/mol. The van der Waals surface area contributed by atoms with Crippen LogP contribution >= 0.6 is 0 Å². The third-order valence-corrected chi connectivity index (χ3v) is 3.05. The van der Waals surface area contributed by atoms with Crippen molar-refractivity contribution in [2.75, 3.05) is 6.61 Å². The van der Waals surface area contributed by atoms with E-state index in [4.69, 9.17) is 14.2 Å². The maximum absolute atomic E-state index is 11.3. The molecule has 0 aliphatic carbocycles. The van der Waals surface area contributed by atoms with Gasteiger partial charge in [-0.25, -0.2) is 0 Å². The van der Waals surface area contributed by atoms with Crippen molar-refractivity contribution in [2.24, 2.45) is 0 Å².